The van der Waals surface area contributed by atoms with E-state index >= 15 is 0 Å². The highest BCUT2D eigenvalue weighted by atomic mass is 16.5. The number of nitrogens with zero attached hydrogens (tertiary/aromatic N) is 4. The second-order valence-corrected chi connectivity index (χ2v) is 4.89. The summed E-state index contributed by atoms with van der Waals surface area (Å²) >= 11 is 0. The minimum absolute atomic E-state index is 0.241. The molecule has 108 valence electrons. The van der Waals surface area contributed by atoms with Crippen LogP contribution in [-0.2, 0) is 0 Å². The van der Waals surface area contributed by atoms with Gasteiger partial charge in [-0.25, -0.2) is 4.68 Å². The summed E-state index contributed by atoms with van der Waals surface area (Å²) in [6.07, 6.45) is 3.34. The number of methoxy groups -OCH3 is 1. The van der Waals surface area contributed by atoms with Gasteiger partial charge in [-0.05, 0) is 42.0 Å². The molecule has 0 amide bonds. The number of unbranched alkanes of at least 4 members (excludes halogenated alkanes) is 1. The Hall–Kier alpha value is -2.11. The molecule has 2 N–H and O–H groups in total. The van der Waals surface area contributed by atoms with E-state index in [0.717, 1.165) is 30.6 Å². The highest BCUT2D eigenvalue weighted by molar-refractivity contribution is 5.73. The fourth-order valence-corrected chi connectivity index (χ4v) is 2.15. The maximum Gasteiger partial charge on any atom is 0.184 e. The third-order valence-corrected chi connectivity index (χ3v) is 3.39. The highest BCUT2D eigenvalue weighted by Crippen LogP contribution is 2.30. The Balaban J connectivity index is 2.36. The van der Waals surface area contributed by atoms with Crippen molar-refractivity contribution in [2.45, 2.75) is 39.2 Å². The molecule has 1 heterocycles. The number of benzene rings is 1. The van der Waals surface area contributed by atoms with Gasteiger partial charge in [-0.2, -0.15) is 0 Å². The van der Waals surface area contributed by atoms with E-state index in [9.17, 15) is 0 Å². The first-order valence-electron chi connectivity index (χ1n) is 6.89. The van der Waals surface area contributed by atoms with E-state index in [2.05, 4.69) is 29.4 Å². The van der Waals surface area contributed by atoms with E-state index in [1.807, 2.05) is 22.9 Å². The van der Waals surface area contributed by atoms with Crippen LogP contribution in [0.5, 0.6) is 5.75 Å². The van der Waals surface area contributed by atoms with Crippen molar-refractivity contribution >= 4 is 5.69 Å². The van der Waals surface area contributed by atoms with Gasteiger partial charge in [0, 0.05) is 11.3 Å². The van der Waals surface area contributed by atoms with Crippen LogP contribution in [0.4, 0.5) is 5.69 Å². The summed E-state index contributed by atoms with van der Waals surface area (Å²) in [6, 6.07) is 5.74. The van der Waals surface area contributed by atoms with Gasteiger partial charge in [-0.3, -0.25) is 0 Å². The summed E-state index contributed by atoms with van der Waals surface area (Å²) in [5.41, 5.74) is 7.49. The fraction of sp³-hybridized carbons (Fsp3) is 0.500. The molecule has 2 aromatic rings. The number of tetrazole rings is 1. The van der Waals surface area contributed by atoms with Crippen LogP contribution in [0.2, 0.25) is 0 Å². The molecule has 20 heavy (non-hydrogen) atoms. The molecule has 6 heteroatoms. The standard InChI is InChI=1S/C14H21N5O/c1-4-5-6-10(2)19-14(16-17-18-19)12-9-11(20-3)7-8-13(12)15/h7-10H,4-6,15H2,1-3H3. The van der Waals surface area contributed by atoms with Crippen LogP contribution in [0.25, 0.3) is 11.4 Å². The van der Waals surface area contributed by atoms with Gasteiger partial charge in [0.1, 0.15) is 5.75 Å². The lowest BCUT2D eigenvalue weighted by Gasteiger charge is -2.14. The minimum Gasteiger partial charge on any atom is -0.497 e. The van der Waals surface area contributed by atoms with Crippen LogP contribution < -0.4 is 10.5 Å². The molecule has 0 saturated heterocycles. The van der Waals surface area contributed by atoms with Gasteiger partial charge >= 0.3 is 0 Å². The normalized spacial score (nSPS) is 12.3. The molecule has 0 aliphatic carbocycles. The van der Waals surface area contributed by atoms with Crippen LogP contribution in [-0.4, -0.2) is 27.3 Å². The summed E-state index contributed by atoms with van der Waals surface area (Å²) in [6.45, 7) is 4.29. The number of anilines is 1. The maximum atomic E-state index is 6.04. The average molecular weight is 275 g/mol. The molecule has 1 aromatic heterocycles. The first kappa shape index (κ1) is 14.3. The van der Waals surface area contributed by atoms with Crippen molar-refractivity contribution in [3.8, 4) is 17.1 Å². The molecule has 2 rings (SSSR count). The van der Waals surface area contributed by atoms with Gasteiger partial charge in [0.15, 0.2) is 5.82 Å². The van der Waals surface area contributed by atoms with E-state index in [4.69, 9.17) is 10.5 Å². The molecule has 6 nitrogen and oxygen atoms in total. The van der Waals surface area contributed by atoms with Gasteiger partial charge in [0.25, 0.3) is 0 Å². The smallest absolute Gasteiger partial charge is 0.184 e. The van der Waals surface area contributed by atoms with Gasteiger partial charge in [-0.15, -0.1) is 5.10 Å². The molecule has 0 aliphatic rings. The highest BCUT2D eigenvalue weighted by Gasteiger charge is 2.17. The molecule has 0 spiro atoms. The predicted octanol–water partition coefficient (Wildman–Crippen LogP) is 2.68. The first-order chi connectivity index (χ1) is 9.67. The van der Waals surface area contributed by atoms with Crippen LogP contribution in [0.3, 0.4) is 0 Å². The number of hydrogen-bond donors (Lipinski definition) is 1. The quantitative estimate of drug-likeness (QED) is 0.820. The summed E-state index contributed by atoms with van der Waals surface area (Å²) in [4.78, 5) is 0. The van der Waals surface area contributed by atoms with E-state index in [0.29, 0.717) is 11.5 Å². The lowest BCUT2D eigenvalue weighted by atomic mass is 10.1. The van der Waals surface area contributed by atoms with Gasteiger partial charge < -0.3 is 10.5 Å². The Morgan fingerprint density at radius 3 is 2.90 bits per heavy atom. The monoisotopic (exact) mass is 275 g/mol. The zero-order valence-corrected chi connectivity index (χ0v) is 12.2. The summed E-state index contributed by atoms with van der Waals surface area (Å²) in [5, 5.41) is 12.0. The number of hydrogen-bond acceptors (Lipinski definition) is 5. The van der Waals surface area contributed by atoms with Crippen molar-refractivity contribution in [2.75, 3.05) is 12.8 Å². The molecule has 0 radical (unpaired) electrons. The van der Waals surface area contributed by atoms with Crippen LogP contribution in [0.1, 0.15) is 39.2 Å². The van der Waals surface area contributed by atoms with E-state index < -0.39 is 0 Å². The van der Waals surface area contributed by atoms with E-state index in [1.54, 1.807) is 7.11 Å². The number of ether oxygens (including phenoxy) is 1. The Bertz CT molecular complexity index is 566. The number of nitrogens with two attached hydrogens (primary N) is 1. The fourth-order valence-electron chi connectivity index (χ4n) is 2.15. The summed E-state index contributed by atoms with van der Waals surface area (Å²) in [7, 11) is 1.63. The lowest BCUT2D eigenvalue weighted by molar-refractivity contribution is 0.414. The SMILES string of the molecule is CCCCC(C)n1nnnc1-c1cc(OC)ccc1N. The molecule has 1 atom stereocenters. The van der Waals surface area contributed by atoms with Crippen molar-refractivity contribution in [2.24, 2.45) is 0 Å². The summed E-state index contributed by atoms with van der Waals surface area (Å²) in [5.74, 6) is 1.43. The predicted molar refractivity (Wildman–Crippen MR) is 78.5 cm³/mol. The van der Waals surface area contributed by atoms with Crippen molar-refractivity contribution in [1.82, 2.24) is 20.2 Å². The van der Waals surface area contributed by atoms with Crippen molar-refractivity contribution in [3.63, 3.8) is 0 Å². The zero-order chi connectivity index (χ0) is 14.5. The molecular formula is C14H21N5O. The third-order valence-electron chi connectivity index (χ3n) is 3.39. The molecule has 0 fully saturated rings. The zero-order valence-electron chi connectivity index (χ0n) is 12.2. The molecule has 0 bridgehead atoms. The molecule has 1 unspecified atom stereocenters. The van der Waals surface area contributed by atoms with Crippen LogP contribution >= 0.6 is 0 Å². The third kappa shape index (κ3) is 2.89. The minimum atomic E-state index is 0.241. The topological polar surface area (TPSA) is 78.8 Å². The van der Waals surface area contributed by atoms with Gasteiger partial charge in [0.05, 0.1) is 13.2 Å². The van der Waals surface area contributed by atoms with E-state index in [1.165, 1.54) is 0 Å². The van der Waals surface area contributed by atoms with Crippen molar-refractivity contribution < 1.29 is 4.74 Å². The number of nitrogen functional groups attached to an aromatic ring is 1. The number of rotatable bonds is 6. The Kier molecular flexibility index (Phi) is 4.55. The second-order valence-electron chi connectivity index (χ2n) is 4.89. The van der Waals surface area contributed by atoms with Crippen molar-refractivity contribution in [3.05, 3.63) is 18.2 Å². The second kappa shape index (κ2) is 6.36. The Labute approximate surface area is 118 Å². The molecule has 1 aromatic carbocycles. The first-order valence-corrected chi connectivity index (χ1v) is 6.89. The Morgan fingerprint density at radius 2 is 2.20 bits per heavy atom. The Morgan fingerprint density at radius 1 is 1.40 bits per heavy atom. The van der Waals surface area contributed by atoms with Crippen LogP contribution in [0, 0.1) is 0 Å². The average Bonchev–Trinajstić information content (AvgIpc) is 2.94. The van der Waals surface area contributed by atoms with E-state index in [-0.39, 0.29) is 6.04 Å². The van der Waals surface area contributed by atoms with Crippen LogP contribution in [0.15, 0.2) is 18.2 Å². The largest absolute Gasteiger partial charge is 0.497 e. The lowest BCUT2D eigenvalue weighted by Crippen LogP contribution is -2.10. The van der Waals surface area contributed by atoms with Gasteiger partial charge in [-0.1, -0.05) is 19.8 Å². The van der Waals surface area contributed by atoms with Gasteiger partial charge in [0.2, 0.25) is 0 Å². The summed E-state index contributed by atoms with van der Waals surface area (Å²) < 4.78 is 7.07. The van der Waals surface area contributed by atoms with Crippen molar-refractivity contribution in [1.29, 1.82) is 0 Å². The molecular weight excluding hydrogens is 254 g/mol. The number of aromatic nitrogens is 4. The molecule has 0 saturated carbocycles. The molecule has 0 aliphatic heterocycles. The maximum absolute atomic E-state index is 6.04.